The minimum absolute atomic E-state index is 0.105. The number of hydrogen-bond donors (Lipinski definition) is 0. The van der Waals surface area contributed by atoms with Crippen LogP contribution in [0.4, 0.5) is 0 Å². The molecule has 108 valence electrons. The van der Waals surface area contributed by atoms with Gasteiger partial charge in [-0.3, -0.25) is 4.79 Å². The van der Waals surface area contributed by atoms with Crippen LogP contribution in [0.15, 0.2) is 17.5 Å². The average Bonchev–Trinajstić information content (AvgIpc) is 2.96. The van der Waals surface area contributed by atoms with Crippen LogP contribution in [0.2, 0.25) is 0 Å². The first-order valence-corrected chi connectivity index (χ1v) is 7.99. The Morgan fingerprint density at radius 1 is 1.40 bits per heavy atom. The number of morpholine rings is 1. The zero-order valence-corrected chi connectivity index (χ0v) is 12.9. The van der Waals surface area contributed by atoms with Gasteiger partial charge in [-0.2, -0.15) is 0 Å². The fraction of sp³-hybridized carbons (Fsp3) is 0.533. The molecule has 3 rings (SSSR count). The van der Waals surface area contributed by atoms with Crippen LogP contribution < -0.4 is 0 Å². The molecule has 0 spiro atoms. The van der Waals surface area contributed by atoms with E-state index in [9.17, 15) is 4.79 Å². The quantitative estimate of drug-likeness (QED) is 0.853. The van der Waals surface area contributed by atoms with Gasteiger partial charge in [0.05, 0.1) is 22.4 Å². The Hall–Kier alpha value is -1.33. The highest BCUT2D eigenvalue weighted by atomic mass is 32.1. The normalized spacial score (nSPS) is 23.4. The van der Waals surface area contributed by atoms with E-state index in [1.54, 1.807) is 11.3 Å². The summed E-state index contributed by atoms with van der Waals surface area (Å²) in [7, 11) is 0. The van der Waals surface area contributed by atoms with E-state index < -0.39 is 0 Å². The van der Waals surface area contributed by atoms with Crippen LogP contribution in [-0.2, 0) is 11.3 Å². The molecule has 2 aromatic rings. The smallest absolute Gasteiger partial charge is 0.270 e. The number of ether oxygens (including phenoxy) is 1. The molecule has 20 heavy (non-hydrogen) atoms. The molecule has 1 aliphatic rings. The van der Waals surface area contributed by atoms with Gasteiger partial charge in [0.25, 0.3) is 5.91 Å². The Morgan fingerprint density at radius 2 is 2.10 bits per heavy atom. The zero-order valence-electron chi connectivity index (χ0n) is 12.1. The van der Waals surface area contributed by atoms with Gasteiger partial charge in [0.1, 0.15) is 5.69 Å². The second-order valence-corrected chi connectivity index (χ2v) is 6.36. The Kier molecular flexibility index (Phi) is 3.56. The van der Waals surface area contributed by atoms with Crippen molar-refractivity contribution in [1.82, 2.24) is 9.47 Å². The van der Waals surface area contributed by atoms with Gasteiger partial charge in [-0.05, 0) is 38.3 Å². The van der Waals surface area contributed by atoms with Gasteiger partial charge in [0.15, 0.2) is 0 Å². The molecule has 0 aliphatic carbocycles. The van der Waals surface area contributed by atoms with Crippen molar-refractivity contribution in [3.63, 3.8) is 0 Å². The number of carbonyl (C=O) groups excluding carboxylic acids is 1. The number of aryl methyl sites for hydroxylation is 1. The Bertz CT molecular complexity index is 621. The third-order valence-electron chi connectivity index (χ3n) is 3.76. The van der Waals surface area contributed by atoms with E-state index in [1.165, 1.54) is 4.70 Å². The van der Waals surface area contributed by atoms with Gasteiger partial charge >= 0.3 is 0 Å². The van der Waals surface area contributed by atoms with Crippen LogP contribution in [0.25, 0.3) is 10.2 Å². The van der Waals surface area contributed by atoms with E-state index in [-0.39, 0.29) is 18.1 Å². The van der Waals surface area contributed by atoms with Crippen LogP contribution in [-0.4, -0.2) is 40.7 Å². The summed E-state index contributed by atoms with van der Waals surface area (Å²) in [5.74, 6) is 0.122. The molecule has 1 aliphatic heterocycles. The highest BCUT2D eigenvalue weighted by Crippen LogP contribution is 2.26. The molecule has 0 aromatic carbocycles. The van der Waals surface area contributed by atoms with Crippen LogP contribution in [0.1, 0.15) is 31.3 Å². The zero-order chi connectivity index (χ0) is 14.3. The Balaban J connectivity index is 1.93. The lowest BCUT2D eigenvalue weighted by Crippen LogP contribution is -2.48. The molecule has 1 fully saturated rings. The van der Waals surface area contributed by atoms with Crippen molar-refractivity contribution in [3.8, 4) is 0 Å². The molecule has 0 bridgehead atoms. The summed E-state index contributed by atoms with van der Waals surface area (Å²) in [4.78, 5) is 14.7. The molecule has 4 nitrogen and oxygen atoms in total. The second-order valence-electron chi connectivity index (χ2n) is 5.41. The van der Waals surface area contributed by atoms with E-state index in [1.807, 2.05) is 24.8 Å². The molecule has 2 unspecified atom stereocenters. The third-order valence-corrected chi connectivity index (χ3v) is 4.62. The van der Waals surface area contributed by atoms with Crippen molar-refractivity contribution in [2.24, 2.45) is 0 Å². The molecule has 0 radical (unpaired) electrons. The van der Waals surface area contributed by atoms with Crippen molar-refractivity contribution in [3.05, 3.63) is 23.2 Å². The number of thiophene rings is 1. The Morgan fingerprint density at radius 3 is 2.75 bits per heavy atom. The van der Waals surface area contributed by atoms with Crippen LogP contribution in [0.5, 0.6) is 0 Å². The third kappa shape index (κ3) is 2.25. The van der Waals surface area contributed by atoms with Gasteiger partial charge in [0, 0.05) is 19.6 Å². The SMILES string of the molecule is CCn1c(C(=O)N2CC(C)OC(C)C2)cc2sccc21. The summed E-state index contributed by atoms with van der Waals surface area (Å²) < 4.78 is 9.00. The molecular formula is C15H20N2O2S. The highest BCUT2D eigenvalue weighted by molar-refractivity contribution is 7.17. The number of amides is 1. The first-order valence-electron chi connectivity index (χ1n) is 7.11. The topological polar surface area (TPSA) is 34.5 Å². The Labute approximate surface area is 122 Å². The molecule has 0 N–H and O–H groups in total. The lowest BCUT2D eigenvalue weighted by molar-refractivity contribution is -0.0588. The first-order chi connectivity index (χ1) is 9.60. The summed E-state index contributed by atoms with van der Waals surface area (Å²) >= 11 is 1.69. The molecule has 3 heterocycles. The van der Waals surface area contributed by atoms with Gasteiger partial charge < -0.3 is 14.2 Å². The summed E-state index contributed by atoms with van der Waals surface area (Å²) in [6, 6.07) is 4.11. The van der Waals surface area contributed by atoms with Crippen LogP contribution >= 0.6 is 11.3 Å². The molecule has 1 saturated heterocycles. The summed E-state index contributed by atoms with van der Waals surface area (Å²) in [5, 5.41) is 2.07. The molecule has 2 aromatic heterocycles. The van der Waals surface area contributed by atoms with Crippen molar-refractivity contribution in [1.29, 1.82) is 0 Å². The summed E-state index contributed by atoms with van der Waals surface area (Å²) in [6.07, 6.45) is 0.211. The molecule has 2 atom stereocenters. The van der Waals surface area contributed by atoms with E-state index >= 15 is 0 Å². The maximum atomic E-state index is 12.8. The van der Waals surface area contributed by atoms with E-state index in [2.05, 4.69) is 22.9 Å². The summed E-state index contributed by atoms with van der Waals surface area (Å²) in [5.41, 5.74) is 1.96. The van der Waals surface area contributed by atoms with E-state index in [0.29, 0.717) is 13.1 Å². The first kappa shape index (κ1) is 13.6. The van der Waals surface area contributed by atoms with Crippen LogP contribution in [0.3, 0.4) is 0 Å². The lowest BCUT2D eigenvalue weighted by atomic mass is 10.2. The second kappa shape index (κ2) is 5.22. The number of carbonyl (C=O) groups is 1. The van der Waals surface area contributed by atoms with Crippen molar-refractivity contribution >= 4 is 27.5 Å². The molecule has 5 heteroatoms. The average molecular weight is 292 g/mol. The number of rotatable bonds is 2. The van der Waals surface area contributed by atoms with Crippen molar-refractivity contribution in [2.45, 2.75) is 39.5 Å². The van der Waals surface area contributed by atoms with Gasteiger partial charge in [-0.1, -0.05) is 0 Å². The largest absolute Gasteiger partial charge is 0.372 e. The number of fused-ring (bicyclic) bond motifs is 1. The number of nitrogens with zero attached hydrogens (tertiary/aromatic N) is 2. The van der Waals surface area contributed by atoms with Crippen LogP contribution in [0, 0.1) is 0 Å². The molecule has 1 amide bonds. The predicted octanol–water partition coefficient (Wildman–Crippen LogP) is 2.97. The monoisotopic (exact) mass is 292 g/mol. The molecule has 0 saturated carbocycles. The number of hydrogen-bond acceptors (Lipinski definition) is 3. The van der Waals surface area contributed by atoms with Crippen molar-refractivity contribution in [2.75, 3.05) is 13.1 Å². The highest BCUT2D eigenvalue weighted by Gasteiger charge is 2.28. The van der Waals surface area contributed by atoms with E-state index in [0.717, 1.165) is 17.8 Å². The maximum Gasteiger partial charge on any atom is 0.270 e. The lowest BCUT2D eigenvalue weighted by Gasteiger charge is -2.35. The fourth-order valence-corrected chi connectivity index (χ4v) is 3.82. The minimum Gasteiger partial charge on any atom is -0.372 e. The number of aromatic nitrogens is 1. The van der Waals surface area contributed by atoms with Crippen molar-refractivity contribution < 1.29 is 9.53 Å². The maximum absolute atomic E-state index is 12.8. The molecular weight excluding hydrogens is 272 g/mol. The van der Waals surface area contributed by atoms with Gasteiger partial charge in [-0.15, -0.1) is 11.3 Å². The summed E-state index contributed by atoms with van der Waals surface area (Å²) in [6.45, 7) is 8.29. The standard InChI is InChI=1S/C15H20N2O2S/c1-4-17-12-5-6-20-14(12)7-13(17)15(18)16-8-10(2)19-11(3)9-16/h5-7,10-11H,4,8-9H2,1-3H3. The van der Waals surface area contributed by atoms with Gasteiger partial charge in [-0.25, -0.2) is 0 Å². The van der Waals surface area contributed by atoms with E-state index in [4.69, 9.17) is 4.74 Å². The minimum atomic E-state index is 0.105. The van der Waals surface area contributed by atoms with Gasteiger partial charge in [0.2, 0.25) is 0 Å². The predicted molar refractivity (Wildman–Crippen MR) is 81.4 cm³/mol. The fourth-order valence-electron chi connectivity index (χ4n) is 3.00.